The van der Waals surface area contributed by atoms with Crippen molar-refractivity contribution in [3.8, 4) is 0 Å². The van der Waals surface area contributed by atoms with E-state index in [9.17, 15) is 14.4 Å². The normalized spacial score (nSPS) is 20.3. The molecule has 2 fully saturated rings. The monoisotopic (exact) mass is 330 g/mol. The summed E-state index contributed by atoms with van der Waals surface area (Å²) >= 11 is -5.48. The zero-order chi connectivity index (χ0) is 10.1. The van der Waals surface area contributed by atoms with Crippen molar-refractivity contribution in [2.45, 2.75) is 0 Å². The molecule has 0 aromatic heterocycles. The van der Waals surface area contributed by atoms with Crippen molar-refractivity contribution in [3.63, 3.8) is 0 Å². The van der Waals surface area contributed by atoms with Crippen LogP contribution in [0.3, 0.4) is 0 Å². The Hall–Kier alpha value is -1.07. The summed E-state index contributed by atoms with van der Waals surface area (Å²) in [6.45, 7) is 0. The summed E-state index contributed by atoms with van der Waals surface area (Å²) in [5, 5.41) is 0. The van der Waals surface area contributed by atoms with Gasteiger partial charge in [-0.25, -0.2) is 0 Å². The van der Waals surface area contributed by atoms with Gasteiger partial charge in [0, 0.05) is 0 Å². The second-order valence-corrected chi connectivity index (χ2v) is 5.92. The molecule has 2 heterocycles. The zero-order valence-electron chi connectivity index (χ0n) is 6.07. The van der Waals surface area contributed by atoms with Crippen molar-refractivity contribution in [2.75, 3.05) is 0 Å². The van der Waals surface area contributed by atoms with Crippen molar-refractivity contribution >= 4 is 49.8 Å². The fraction of sp³-hybridized carbons (Fsp3) is 0. The van der Waals surface area contributed by atoms with Crippen LogP contribution in [0.25, 0.3) is 0 Å². The van der Waals surface area contributed by atoms with Gasteiger partial charge in [-0.05, 0) is 0 Å². The first-order chi connectivity index (χ1) is 6.63. The van der Waals surface area contributed by atoms with E-state index >= 15 is 0 Å². The van der Waals surface area contributed by atoms with Gasteiger partial charge >= 0.3 is 86.6 Å². The third-order valence-corrected chi connectivity index (χ3v) is 4.65. The van der Waals surface area contributed by atoms with E-state index in [1.54, 1.807) is 0 Å². The standard InChI is InChI=1S/C3As2O9/c6-1-9-4(10-1)13-3(8)14-5-11-2(7)12-5. The molecule has 14 heavy (non-hydrogen) atoms. The average molecular weight is 330 g/mol. The summed E-state index contributed by atoms with van der Waals surface area (Å²) in [6, 6.07) is 0. The van der Waals surface area contributed by atoms with Gasteiger partial charge in [-0.2, -0.15) is 0 Å². The molecule has 2 saturated heterocycles. The quantitative estimate of drug-likeness (QED) is 0.616. The van der Waals surface area contributed by atoms with Crippen molar-refractivity contribution in [3.05, 3.63) is 0 Å². The van der Waals surface area contributed by atoms with Crippen LogP contribution in [0.2, 0.25) is 0 Å². The van der Waals surface area contributed by atoms with Crippen LogP contribution in [-0.4, -0.2) is 49.8 Å². The maximum atomic E-state index is 10.7. The van der Waals surface area contributed by atoms with Gasteiger partial charge in [0.2, 0.25) is 0 Å². The number of hydrogen-bond acceptors (Lipinski definition) is 9. The van der Waals surface area contributed by atoms with E-state index in [4.69, 9.17) is 0 Å². The summed E-state index contributed by atoms with van der Waals surface area (Å²) in [5.41, 5.74) is 0. The van der Waals surface area contributed by atoms with Gasteiger partial charge in [-0.15, -0.1) is 0 Å². The first-order valence-electron chi connectivity index (χ1n) is 2.93. The fourth-order valence-corrected chi connectivity index (χ4v) is 2.81. The van der Waals surface area contributed by atoms with Crippen molar-refractivity contribution in [1.29, 1.82) is 0 Å². The molecule has 9 nitrogen and oxygen atoms in total. The van der Waals surface area contributed by atoms with E-state index in [1.807, 2.05) is 0 Å². The molecule has 2 rings (SSSR count). The van der Waals surface area contributed by atoms with E-state index in [0.29, 0.717) is 0 Å². The van der Waals surface area contributed by atoms with E-state index in [-0.39, 0.29) is 0 Å². The first-order valence-corrected chi connectivity index (χ1v) is 7.53. The van der Waals surface area contributed by atoms with Gasteiger partial charge < -0.3 is 0 Å². The summed E-state index contributed by atoms with van der Waals surface area (Å²) in [5.74, 6) is 0. The molecule has 0 bridgehead atoms. The van der Waals surface area contributed by atoms with E-state index < -0.39 is 49.8 Å². The van der Waals surface area contributed by atoms with Crippen LogP contribution in [0.15, 0.2) is 0 Å². The van der Waals surface area contributed by atoms with Crippen LogP contribution in [0.4, 0.5) is 14.4 Å². The molecular formula is C3As2O9. The Morgan fingerprint density at radius 2 is 1.29 bits per heavy atom. The molecule has 0 N–H and O–H groups in total. The van der Waals surface area contributed by atoms with Gasteiger partial charge in [0.05, 0.1) is 0 Å². The summed E-state index contributed by atoms with van der Waals surface area (Å²) in [4.78, 5) is 30.9. The predicted molar refractivity (Wildman–Crippen MR) is 34.2 cm³/mol. The number of carbonyl (C=O) groups excluding carboxylic acids is 3. The summed E-state index contributed by atoms with van der Waals surface area (Å²) in [6.07, 6.45) is -2.91. The molecule has 2 aliphatic heterocycles. The van der Waals surface area contributed by atoms with Crippen molar-refractivity contribution < 1.29 is 36.7 Å². The van der Waals surface area contributed by atoms with Crippen LogP contribution >= 0.6 is 0 Å². The molecule has 0 saturated carbocycles. The molecule has 0 aromatic rings. The Labute approximate surface area is 86.8 Å². The SMILES string of the molecule is O=C1O[As](OC(=O)O[As]2OC(=O)O2)O1. The van der Waals surface area contributed by atoms with Gasteiger partial charge in [0.25, 0.3) is 0 Å². The minimum absolute atomic E-state index is 0.887. The molecule has 76 valence electrons. The van der Waals surface area contributed by atoms with Crippen LogP contribution in [-0.2, 0) is 22.4 Å². The number of carbonyl (C=O) groups is 3. The predicted octanol–water partition coefficient (Wildman–Crippen LogP) is -0.557. The number of hydrogen-bond donors (Lipinski definition) is 0. The third-order valence-electron chi connectivity index (χ3n) is 0.894. The van der Waals surface area contributed by atoms with E-state index in [0.717, 1.165) is 0 Å². The average Bonchev–Trinajstić information content (AvgIpc) is 1.98. The topological polar surface area (TPSA) is 107 Å². The Bertz CT molecular complexity index is 256. The van der Waals surface area contributed by atoms with Gasteiger partial charge in [0.15, 0.2) is 0 Å². The van der Waals surface area contributed by atoms with E-state index in [2.05, 4.69) is 22.4 Å². The summed E-state index contributed by atoms with van der Waals surface area (Å²) in [7, 11) is 0. The minimum atomic E-state index is -2.74. The molecule has 0 aromatic carbocycles. The van der Waals surface area contributed by atoms with Crippen LogP contribution in [0.5, 0.6) is 0 Å². The van der Waals surface area contributed by atoms with Crippen LogP contribution in [0, 0.1) is 0 Å². The maximum absolute atomic E-state index is 10.7. The molecule has 0 aliphatic carbocycles. The summed E-state index contributed by atoms with van der Waals surface area (Å²) < 4.78 is 25.9. The molecular weight excluding hydrogens is 330 g/mol. The number of rotatable bonds is 2. The second-order valence-electron chi connectivity index (χ2n) is 1.74. The van der Waals surface area contributed by atoms with Crippen LogP contribution < -0.4 is 0 Å². The Morgan fingerprint density at radius 3 is 1.57 bits per heavy atom. The Morgan fingerprint density at radius 1 is 0.929 bits per heavy atom. The molecule has 0 spiro atoms. The van der Waals surface area contributed by atoms with Crippen molar-refractivity contribution in [2.24, 2.45) is 0 Å². The third kappa shape index (κ3) is 2.05. The van der Waals surface area contributed by atoms with E-state index in [1.165, 1.54) is 0 Å². The molecule has 0 amide bonds. The van der Waals surface area contributed by atoms with Crippen LogP contribution in [0.1, 0.15) is 0 Å². The molecule has 0 atom stereocenters. The van der Waals surface area contributed by atoms with Gasteiger partial charge in [-0.3, -0.25) is 0 Å². The Kier molecular flexibility index (Phi) is 2.43. The second kappa shape index (κ2) is 3.59. The first kappa shape index (κ1) is 9.48. The molecule has 2 aliphatic rings. The fourth-order valence-electron chi connectivity index (χ4n) is 0.470. The van der Waals surface area contributed by atoms with Gasteiger partial charge in [-0.1, -0.05) is 0 Å². The molecule has 0 unspecified atom stereocenters. The molecule has 11 heteroatoms. The van der Waals surface area contributed by atoms with Gasteiger partial charge in [0.1, 0.15) is 0 Å². The molecule has 0 radical (unpaired) electrons. The zero-order valence-corrected chi connectivity index (χ0v) is 9.82. The van der Waals surface area contributed by atoms with Crippen molar-refractivity contribution in [1.82, 2.24) is 0 Å². The Balaban J connectivity index is 1.64.